The summed E-state index contributed by atoms with van der Waals surface area (Å²) >= 11 is 0. The summed E-state index contributed by atoms with van der Waals surface area (Å²) in [4.78, 5) is 3.77. The van der Waals surface area contributed by atoms with Crippen molar-refractivity contribution in [2.24, 2.45) is 164 Å². The minimum Gasteiger partial charge on any atom is -0.387 e. The van der Waals surface area contributed by atoms with Crippen molar-refractivity contribution in [3.8, 4) is 6.07 Å². The summed E-state index contributed by atoms with van der Waals surface area (Å²) in [5.41, 5.74) is 5.42. The van der Waals surface area contributed by atoms with Gasteiger partial charge in [-0.25, -0.2) is 13.3 Å². The fourth-order valence-corrected chi connectivity index (χ4v) is 36.0. The third kappa shape index (κ3) is 19.0. The number of sulfone groups is 1. The van der Waals surface area contributed by atoms with E-state index in [2.05, 4.69) is 91.5 Å². The van der Waals surface area contributed by atoms with Crippen molar-refractivity contribution < 1.29 is 47.8 Å². The van der Waals surface area contributed by atoms with Crippen LogP contribution < -0.4 is 0 Å². The number of aliphatic hydroxyl groups is 4. The molecule has 716 valence electrons. The first kappa shape index (κ1) is 96.1. The summed E-state index contributed by atoms with van der Waals surface area (Å²) in [7, 11) is 0.172. The van der Waals surface area contributed by atoms with Crippen LogP contribution in [0.1, 0.15) is 278 Å². The first-order chi connectivity index (χ1) is 62.2. The number of hydrogen-bond acceptors (Lipinski definition) is 15. The van der Waals surface area contributed by atoms with Crippen molar-refractivity contribution in [1.29, 1.82) is 5.26 Å². The molecule has 32 atom stereocenters. The van der Waals surface area contributed by atoms with E-state index >= 15 is 0 Å². The van der Waals surface area contributed by atoms with E-state index in [1.807, 2.05) is 52.5 Å². The smallest absolute Gasteiger partial charge is 0.224 e. The van der Waals surface area contributed by atoms with Crippen LogP contribution >= 0.6 is 0 Å². The minimum absolute atomic E-state index is 0.276. The number of allylic oxidation sites excluding steroid dienone is 4. The van der Waals surface area contributed by atoms with Crippen molar-refractivity contribution in [3.63, 3.8) is 0 Å². The van der Waals surface area contributed by atoms with E-state index in [9.17, 15) is 28.8 Å². The number of aromatic nitrogens is 8. The average molecular weight is 1810 g/mol. The number of hydrogen-bond donors (Lipinski definition) is 4. The Morgan fingerprint density at radius 2 is 0.754 bits per heavy atom. The molecule has 130 heavy (non-hydrogen) atoms. The van der Waals surface area contributed by atoms with Gasteiger partial charge < -0.3 is 39.4 Å². The molecule has 21 heteroatoms. The lowest BCUT2D eigenvalue weighted by molar-refractivity contribution is -0.127. The highest BCUT2D eigenvalue weighted by molar-refractivity contribution is 7.90. The first-order valence-electron chi connectivity index (χ1n) is 52.0. The molecule has 0 bridgehead atoms. The highest BCUT2D eigenvalue weighted by Gasteiger charge is 2.64. The van der Waals surface area contributed by atoms with Gasteiger partial charge in [-0.1, -0.05) is 76.3 Å². The van der Waals surface area contributed by atoms with Crippen LogP contribution in [0, 0.1) is 182 Å². The maximum absolute atomic E-state index is 11.8. The molecule has 0 saturated heterocycles. The quantitative estimate of drug-likeness (QED) is 0.0398. The summed E-state index contributed by atoms with van der Waals surface area (Å²) in [6.07, 6.45) is 58.7. The largest absolute Gasteiger partial charge is 0.387 e. The molecule has 0 aromatic carbocycles. The number of rotatable bonds is 23. The summed E-state index contributed by atoms with van der Waals surface area (Å²) < 4.78 is 53.2. The molecule has 20 nitrogen and oxygen atoms in total. The molecular formula is C109H164N10O10S. The molecule has 16 aliphatic carbocycles. The molecule has 16 aliphatic rings. The zero-order chi connectivity index (χ0) is 91.7. The molecule has 16 fully saturated rings. The average Bonchev–Trinajstić information content (AvgIpc) is 1.58. The Hall–Kier alpha value is -5.59. The van der Waals surface area contributed by atoms with Crippen LogP contribution in [0.25, 0.3) is 4.85 Å². The van der Waals surface area contributed by atoms with Crippen molar-refractivity contribution >= 4 is 15.5 Å². The number of nitrogens with zero attached hydrogens (tertiary/aromatic N) is 10. The number of fused-ring (bicyclic) bond motifs is 20. The second-order valence-corrected chi connectivity index (χ2v) is 49.5. The molecule has 4 N–H and O–H groups in total. The fourth-order valence-electron chi connectivity index (χ4n) is 35.5. The lowest BCUT2D eigenvalue weighted by Crippen LogP contribution is -2.52. The Bertz CT molecular complexity index is 4810. The van der Waals surface area contributed by atoms with Crippen LogP contribution in [0.4, 0.5) is 5.69 Å². The predicted molar refractivity (Wildman–Crippen MR) is 508 cm³/mol. The van der Waals surface area contributed by atoms with Crippen molar-refractivity contribution in [2.45, 2.75) is 326 Å². The molecule has 4 aromatic rings. The highest BCUT2D eigenvalue weighted by atomic mass is 32.2. The molecule has 0 aliphatic heterocycles. The van der Waals surface area contributed by atoms with Gasteiger partial charge in [0.25, 0.3) is 0 Å². The van der Waals surface area contributed by atoms with Crippen LogP contribution in [-0.2, 0) is 55.0 Å². The van der Waals surface area contributed by atoms with Gasteiger partial charge in [-0.2, -0.15) is 25.7 Å². The van der Waals surface area contributed by atoms with E-state index in [0.29, 0.717) is 121 Å². The predicted octanol–water partition coefficient (Wildman–Crippen LogP) is 20.9. The Kier molecular flexibility index (Phi) is 28.7. The molecule has 4 heterocycles. The summed E-state index contributed by atoms with van der Waals surface area (Å²) in [6, 6.07) is 4.18. The minimum atomic E-state index is -3.24. The van der Waals surface area contributed by atoms with E-state index in [0.717, 1.165) is 172 Å². The van der Waals surface area contributed by atoms with Crippen LogP contribution in [0.2, 0.25) is 0 Å². The SMILES string of the molecule is C=C(Cn1cc(C#N)cn1)[C@H]1CC[C@H]2[C@@H]3CC[C@H]4C[C@@](O)(COC)CC[C@@H]4[C@H]3CC[C@]12C.C=C(Cn1cc(S(C)(=O)=O)cn1)[C@H]1CC[C@H]2[C@@H]3CC[C@H]4C[C@@](O)(COC)CC[C@@H]4[C@H]3CC[C@]12C.C=C(Cn1cccn1)[C@H]1CC[C@H]2[C@@H]3CC[C@H]4C[C@@](O)(COCC)CC[C@@H]4[C@H]3CC[C@]12C.[C-]#[N+]c1cnn(CC(=C)[C@H]2CC[C@H]3[C@@H]4CC[C@H]5C[C@@](O)(COCC)CC[C@@H]5[C@H]4CC[C@]23C)c1. The molecule has 0 spiro atoms. The number of ether oxygens (including phenoxy) is 4. The summed E-state index contributed by atoms with van der Waals surface area (Å²) in [6.45, 7) is 45.9. The Morgan fingerprint density at radius 1 is 0.431 bits per heavy atom. The fraction of sp³-hybridized carbons (Fsp3) is 0.798. The first-order valence-corrected chi connectivity index (χ1v) is 53.9. The number of methoxy groups -OCH3 is 2. The number of nitriles is 1. The Labute approximate surface area is 780 Å². The van der Waals surface area contributed by atoms with E-state index in [4.69, 9.17) is 30.8 Å². The van der Waals surface area contributed by atoms with E-state index in [1.54, 1.807) is 37.5 Å². The van der Waals surface area contributed by atoms with Gasteiger partial charge in [-0.15, -0.1) is 0 Å². The third-order valence-electron chi connectivity index (χ3n) is 40.9. The molecule has 16 saturated carbocycles. The molecule has 20 rings (SSSR count). The van der Waals surface area contributed by atoms with Crippen LogP contribution in [-0.4, -0.2) is 150 Å². The van der Waals surface area contributed by atoms with Gasteiger partial charge in [-0.3, -0.25) is 18.7 Å². The summed E-state index contributed by atoms with van der Waals surface area (Å²) in [5.74, 6) is 18.1. The summed E-state index contributed by atoms with van der Waals surface area (Å²) in [5, 5.41) is 70.7. The molecule has 0 amide bonds. The lowest BCUT2D eigenvalue weighted by Gasteiger charge is -2.57. The third-order valence-corrected chi connectivity index (χ3v) is 42.0. The second-order valence-electron chi connectivity index (χ2n) is 47.5. The molecule has 0 unspecified atom stereocenters. The van der Waals surface area contributed by atoms with Crippen molar-refractivity contribution in [3.05, 3.63) is 121 Å². The van der Waals surface area contributed by atoms with Gasteiger partial charge in [0.15, 0.2) is 9.84 Å². The van der Waals surface area contributed by atoms with Crippen molar-refractivity contribution in [1.82, 2.24) is 39.1 Å². The van der Waals surface area contributed by atoms with E-state index < -0.39 is 32.2 Å². The molecule has 0 radical (unpaired) electrons. The topological polar surface area (TPSA) is 251 Å². The highest BCUT2D eigenvalue weighted by Crippen LogP contribution is 2.71. The van der Waals surface area contributed by atoms with Crippen LogP contribution in [0.15, 0.2) is 109 Å². The van der Waals surface area contributed by atoms with E-state index in [-0.39, 0.29) is 10.3 Å². The lowest BCUT2D eigenvalue weighted by atomic mass is 9.48. The normalized spacial score (nSPS) is 42.9. The van der Waals surface area contributed by atoms with Gasteiger partial charge in [-0.05, 0) is 415 Å². The standard InChI is InChI=1S/C28H41N3O2.C27H39N3O2.C27H42N2O4S.C27H42N2O2/c1-5-33-18-28(32)13-11-22-20(14-28)6-7-24-23(22)10-12-27(3)25(8-9-26(24)27)19(2)16-31-17-21(29-4)15-30-31;1-18(15-30-16-19(13-28)14-29-30)24-6-7-25-23-5-4-20-12-27(31,17-32-3)11-9-21(20)22(23)8-10-26(24,25)2;1-18(15-29-16-20(14-28-29)34(4,31)32)24-7-8-25-23-6-5-19-13-27(30,17-33-3)12-10-21(19)22(23)9-11-26(24,25)2;1-4-31-18-27(30)13-11-21-20(16-27)6-7-23-22(21)10-12-26(3)24(8-9-25(23)26)19(2)17-29-15-5-14-28-29/h15,17,20,22-26,32H,2,5-14,16,18H2,1,3H3;14,16,20-25,31H,1,4-12,15,17H2,2-3H3;14,16,19,21-25,30H,1,5-13,15,17H2,2-4H3;5,14-15,20-25,30H,2,4,6-13,16-18H2,1,3H3/t20-,22-,23+,24+,25+,26-,27+,28+;20-,21-,22+,23+,24+,25-,26+,27+;19-,21-,22+,23+,24+,25-,26+,27+;20-,21-,22+,23+,24+,25-,26+,27+/m0000/s1. The zero-order valence-corrected chi connectivity index (χ0v) is 81.8. The molecule has 4 aromatic heterocycles. The van der Waals surface area contributed by atoms with Gasteiger partial charge in [0.2, 0.25) is 5.69 Å². The van der Waals surface area contributed by atoms with Crippen molar-refractivity contribution in [2.75, 3.05) is 60.1 Å². The Morgan fingerprint density at radius 3 is 1.05 bits per heavy atom. The maximum atomic E-state index is 11.8. The van der Waals surface area contributed by atoms with Gasteiger partial charge in [0.05, 0.1) is 106 Å². The Balaban J connectivity index is 0.000000122. The van der Waals surface area contributed by atoms with Crippen LogP contribution in [0.5, 0.6) is 0 Å². The van der Waals surface area contributed by atoms with Gasteiger partial charge in [0.1, 0.15) is 11.0 Å². The maximum Gasteiger partial charge on any atom is 0.224 e. The monoisotopic (exact) mass is 1810 g/mol. The van der Waals surface area contributed by atoms with E-state index in [1.165, 1.54) is 208 Å². The second kappa shape index (κ2) is 38.8. The molecular weight excluding hydrogens is 1640 g/mol. The van der Waals surface area contributed by atoms with Gasteiger partial charge >= 0.3 is 0 Å². The van der Waals surface area contributed by atoms with Gasteiger partial charge in [0, 0.05) is 64.7 Å². The van der Waals surface area contributed by atoms with Crippen LogP contribution in [0.3, 0.4) is 0 Å². The zero-order valence-electron chi connectivity index (χ0n) is 81.0.